The predicted octanol–water partition coefficient (Wildman–Crippen LogP) is -0.441. The lowest BCUT2D eigenvalue weighted by Gasteiger charge is -2.26. The molecule has 0 spiro atoms. The molecule has 6 nitrogen and oxygen atoms in total. The maximum atomic E-state index is 11.4. The van der Waals surface area contributed by atoms with Crippen molar-refractivity contribution < 1.29 is 24.5 Å². The van der Waals surface area contributed by atoms with Gasteiger partial charge in [0.15, 0.2) is 0 Å². The van der Waals surface area contributed by atoms with Crippen LogP contribution < -0.4 is 5.32 Å². The summed E-state index contributed by atoms with van der Waals surface area (Å²) in [6, 6.07) is 0. The maximum Gasteiger partial charge on any atom is 0.332 e. The summed E-state index contributed by atoms with van der Waals surface area (Å²) in [6.07, 6.45) is 0.774. The van der Waals surface area contributed by atoms with Crippen LogP contribution in [0.2, 0.25) is 0 Å². The monoisotopic (exact) mass is 245 g/mol. The molecule has 3 N–H and O–H groups in total. The van der Waals surface area contributed by atoms with Gasteiger partial charge in [-0.05, 0) is 6.92 Å². The number of carbonyl (C=O) groups is 2. The number of nitrogens with one attached hydrogen (secondary N) is 1. The summed E-state index contributed by atoms with van der Waals surface area (Å²) >= 11 is 0. The molecule has 0 fully saturated rings. The zero-order chi connectivity index (χ0) is 13.5. The number of rotatable bonds is 6. The number of hydrogen-bond acceptors (Lipinski definition) is 5. The highest BCUT2D eigenvalue weighted by Gasteiger charge is 2.32. The molecule has 0 bridgehead atoms. The number of hydrogen-bond donors (Lipinski definition) is 3. The van der Waals surface area contributed by atoms with Crippen molar-refractivity contribution in [2.45, 2.75) is 26.9 Å². The fourth-order valence-electron chi connectivity index (χ4n) is 0.903. The third-order valence-corrected chi connectivity index (χ3v) is 2.13. The number of carbonyl (C=O) groups excluding carboxylic acids is 2. The lowest BCUT2D eigenvalue weighted by Crippen LogP contribution is -2.44. The minimum Gasteiger partial charge on any atom is -0.463 e. The van der Waals surface area contributed by atoms with Gasteiger partial charge in [0.05, 0.1) is 13.2 Å². The number of amides is 1. The number of ether oxygens (including phenoxy) is 1. The third kappa shape index (κ3) is 5.46. The second-order valence-electron chi connectivity index (χ2n) is 4.14. The van der Waals surface area contributed by atoms with Gasteiger partial charge in [0.2, 0.25) is 0 Å². The second kappa shape index (κ2) is 7.03. The lowest BCUT2D eigenvalue weighted by atomic mass is 9.87. The van der Waals surface area contributed by atoms with Crippen molar-refractivity contribution in [1.82, 2.24) is 5.32 Å². The Morgan fingerprint density at radius 2 is 2.06 bits per heavy atom. The van der Waals surface area contributed by atoms with Crippen molar-refractivity contribution in [1.29, 1.82) is 0 Å². The molecule has 0 unspecified atom stereocenters. The van der Waals surface area contributed by atoms with Crippen molar-refractivity contribution >= 4 is 11.9 Å². The van der Waals surface area contributed by atoms with E-state index in [0.717, 1.165) is 12.3 Å². The molecule has 0 saturated carbocycles. The molecule has 1 amide bonds. The first kappa shape index (κ1) is 15.6. The van der Waals surface area contributed by atoms with Crippen LogP contribution in [0.5, 0.6) is 0 Å². The molecule has 0 aromatic heterocycles. The van der Waals surface area contributed by atoms with Crippen LogP contribution in [0.25, 0.3) is 0 Å². The Balaban J connectivity index is 4.23. The van der Waals surface area contributed by atoms with Crippen LogP contribution in [0.4, 0.5) is 0 Å². The lowest BCUT2D eigenvalue weighted by molar-refractivity contribution is -0.137. The van der Waals surface area contributed by atoms with Gasteiger partial charge in [-0.2, -0.15) is 0 Å². The van der Waals surface area contributed by atoms with Gasteiger partial charge in [-0.25, -0.2) is 4.79 Å². The van der Waals surface area contributed by atoms with Gasteiger partial charge < -0.3 is 20.3 Å². The molecule has 17 heavy (non-hydrogen) atoms. The molecule has 0 aliphatic rings. The summed E-state index contributed by atoms with van der Waals surface area (Å²) in [5, 5.41) is 20.8. The van der Waals surface area contributed by atoms with Gasteiger partial charge >= 0.3 is 5.97 Å². The van der Waals surface area contributed by atoms with E-state index < -0.39 is 23.4 Å². The van der Waals surface area contributed by atoms with Crippen LogP contribution in [0.1, 0.15) is 20.8 Å². The Morgan fingerprint density at radius 3 is 2.53 bits per heavy atom. The number of aliphatic hydroxyl groups is 2. The predicted molar refractivity (Wildman–Crippen MR) is 60.8 cm³/mol. The van der Waals surface area contributed by atoms with Gasteiger partial charge in [0, 0.05) is 17.7 Å². The van der Waals surface area contributed by atoms with Crippen LogP contribution in [-0.2, 0) is 14.3 Å². The van der Waals surface area contributed by atoms with Crippen molar-refractivity contribution in [3.63, 3.8) is 0 Å². The van der Waals surface area contributed by atoms with E-state index in [0.29, 0.717) is 0 Å². The smallest absolute Gasteiger partial charge is 0.332 e. The molecular weight excluding hydrogens is 226 g/mol. The van der Waals surface area contributed by atoms with Crippen LogP contribution in [0, 0.1) is 5.41 Å². The molecule has 0 aromatic carbocycles. The van der Waals surface area contributed by atoms with E-state index in [-0.39, 0.29) is 13.2 Å². The van der Waals surface area contributed by atoms with Gasteiger partial charge in [0.1, 0.15) is 6.10 Å². The summed E-state index contributed by atoms with van der Waals surface area (Å²) in [5.74, 6) is -1.27. The van der Waals surface area contributed by atoms with E-state index in [1.165, 1.54) is 0 Å². The van der Waals surface area contributed by atoms with Gasteiger partial charge in [-0.15, -0.1) is 0 Å². The van der Waals surface area contributed by atoms with Crippen molar-refractivity contribution in [2.75, 3.05) is 13.2 Å². The van der Waals surface area contributed by atoms with E-state index in [4.69, 9.17) is 5.11 Å². The molecule has 0 aliphatic heterocycles. The van der Waals surface area contributed by atoms with Crippen LogP contribution >= 0.6 is 0 Å². The first-order valence-electron chi connectivity index (χ1n) is 5.27. The SMILES string of the molecule is CCOC(=O)C=CNC(=O)[C@@H](O)C(C)(C)CO. The van der Waals surface area contributed by atoms with Gasteiger partial charge in [0.25, 0.3) is 5.91 Å². The fourth-order valence-corrected chi connectivity index (χ4v) is 0.903. The Labute approximate surface area is 100 Å². The van der Waals surface area contributed by atoms with Crippen molar-refractivity contribution in [2.24, 2.45) is 5.41 Å². The summed E-state index contributed by atoms with van der Waals surface area (Å²) in [6.45, 7) is 4.68. The normalized spacial score (nSPS) is 13.5. The highest BCUT2D eigenvalue weighted by molar-refractivity contribution is 5.85. The molecule has 0 aromatic rings. The van der Waals surface area contributed by atoms with E-state index in [9.17, 15) is 14.7 Å². The van der Waals surface area contributed by atoms with Crippen LogP contribution in [0.3, 0.4) is 0 Å². The Morgan fingerprint density at radius 1 is 1.47 bits per heavy atom. The largest absolute Gasteiger partial charge is 0.463 e. The zero-order valence-corrected chi connectivity index (χ0v) is 10.3. The van der Waals surface area contributed by atoms with Crippen LogP contribution in [0.15, 0.2) is 12.3 Å². The Hall–Kier alpha value is -1.40. The van der Waals surface area contributed by atoms with E-state index >= 15 is 0 Å². The van der Waals surface area contributed by atoms with Gasteiger partial charge in [-0.3, -0.25) is 4.79 Å². The number of esters is 1. The molecular formula is C11H19NO5. The molecule has 0 rings (SSSR count). The standard InChI is InChI=1S/C11H19NO5/c1-4-17-8(14)5-6-12-10(16)9(15)11(2,3)7-13/h5-6,9,13,15H,4,7H2,1-3H3,(H,12,16)/t9-/m1/s1. The van der Waals surface area contributed by atoms with E-state index in [2.05, 4.69) is 10.1 Å². The van der Waals surface area contributed by atoms with E-state index in [1.807, 2.05) is 0 Å². The Kier molecular flexibility index (Phi) is 6.45. The van der Waals surface area contributed by atoms with Crippen molar-refractivity contribution in [3.05, 3.63) is 12.3 Å². The first-order valence-corrected chi connectivity index (χ1v) is 5.27. The molecule has 6 heteroatoms. The van der Waals surface area contributed by atoms with Crippen LogP contribution in [-0.4, -0.2) is 41.4 Å². The average molecular weight is 245 g/mol. The third-order valence-electron chi connectivity index (χ3n) is 2.13. The summed E-state index contributed by atoms with van der Waals surface area (Å²) in [4.78, 5) is 22.3. The fraction of sp³-hybridized carbons (Fsp3) is 0.636. The van der Waals surface area contributed by atoms with Gasteiger partial charge in [-0.1, -0.05) is 13.8 Å². The summed E-state index contributed by atoms with van der Waals surface area (Å²) in [5.41, 5.74) is -0.943. The maximum absolute atomic E-state index is 11.4. The summed E-state index contributed by atoms with van der Waals surface area (Å²) in [7, 11) is 0. The molecule has 0 radical (unpaired) electrons. The molecule has 98 valence electrons. The van der Waals surface area contributed by atoms with Crippen molar-refractivity contribution in [3.8, 4) is 0 Å². The zero-order valence-electron chi connectivity index (χ0n) is 10.3. The second-order valence-corrected chi connectivity index (χ2v) is 4.14. The topological polar surface area (TPSA) is 95.9 Å². The van der Waals surface area contributed by atoms with E-state index in [1.54, 1.807) is 20.8 Å². The minimum atomic E-state index is -1.36. The molecule has 0 heterocycles. The molecule has 0 saturated heterocycles. The molecule has 1 atom stereocenters. The minimum absolute atomic E-state index is 0.247. The highest BCUT2D eigenvalue weighted by atomic mass is 16.5. The molecule has 0 aliphatic carbocycles. The summed E-state index contributed by atoms with van der Waals surface area (Å²) < 4.78 is 4.59. The quantitative estimate of drug-likeness (QED) is 0.435. The number of aliphatic hydroxyl groups excluding tert-OH is 2. The first-order chi connectivity index (χ1) is 7.85. The highest BCUT2D eigenvalue weighted by Crippen LogP contribution is 2.19. The average Bonchev–Trinajstić information content (AvgIpc) is 2.28. The Bertz CT molecular complexity index is 298.